The molecule has 5 heteroatoms. The first-order chi connectivity index (χ1) is 11.9. The maximum Gasteiger partial charge on any atom is 0.274 e. The molecule has 0 bridgehead atoms. The van der Waals surface area contributed by atoms with E-state index in [4.69, 9.17) is 0 Å². The number of carbonyl (C=O) groups is 1. The van der Waals surface area contributed by atoms with Gasteiger partial charge in [0, 0.05) is 24.8 Å². The number of amides is 1. The molecule has 1 N–H and O–H groups in total. The Morgan fingerprint density at radius 3 is 2.60 bits per heavy atom. The minimum Gasteiger partial charge on any atom is -0.356 e. The zero-order chi connectivity index (χ0) is 18.0. The molecule has 1 atom stereocenters. The summed E-state index contributed by atoms with van der Waals surface area (Å²) in [6.45, 7) is 10.1. The van der Waals surface area contributed by atoms with Gasteiger partial charge in [0.05, 0.1) is 0 Å². The van der Waals surface area contributed by atoms with E-state index in [0.717, 1.165) is 42.1 Å². The van der Waals surface area contributed by atoms with Crippen LogP contribution in [0.1, 0.15) is 47.2 Å². The lowest BCUT2D eigenvalue weighted by Crippen LogP contribution is -2.35. The van der Waals surface area contributed by atoms with E-state index >= 15 is 0 Å². The number of rotatable bonds is 3. The number of piperidine rings is 1. The Morgan fingerprint density at radius 2 is 1.92 bits per heavy atom. The van der Waals surface area contributed by atoms with Crippen molar-refractivity contribution in [3.05, 3.63) is 46.9 Å². The number of nitrogens with one attached hydrogen (secondary N) is 1. The summed E-state index contributed by atoms with van der Waals surface area (Å²) in [5.41, 5.74) is 3.37. The van der Waals surface area contributed by atoms with E-state index in [0.29, 0.717) is 17.4 Å². The third kappa shape index (κ3) is 3.98. The molecule has 132 valence electrons. The van der Waals surface area contributed by atoms with Gasteiger partial charge in [-0.2, -0.15) is 0 Å². The van der Waals surface area contributed by atoms with E-state index in [-0.39, 0.29) is 5.91 Å². The molecule has 0 saturated carbocycles. The summed E-state index contributed by atoms with van der Waals surface area (Å²) < 4.78 is 0. The predicted molar refractivity (Wildman–Crippen MR) is 101 cm³/mol. The van der Waals surface area contributed by atoms with Crippen molar-refractivity contribution >= 4 is 17.4 Å². The lowest BCUT2D eigenvalue weighted by molar-refractivity contribution is 0.102. The average Bonchev–Trinajstić information content (AvgIpc) is 2.57. The highest BCUT2D eigenvalue weighted by Gasteiger charge is 2.20. The second-order valence-electron chi connectivity index (χ2n) is 7.07. The van der Waals surface area contributed by atoms with Gasteiger partial charge in [-0.15, -0.1) is 0 Å². The fourth-order valence-corrected chi connectivity index (χ4v) is 3.42. The quantitative estimate of drug-likeness (QED) is 0.922. The maximum atomic E-state index is 12.8. The van der Waals surface area contributed by atoms with E-state index < -0.39 is 0 Å². The van der Waals surface area contributed by atoms with Crippen LogP contribution < -0.4 is 10.2 Å². The van der Waals surface area contributed by atoms with Crippen molar-refractivity contribution in [1.82, 2.24) is 9.97 Å². The van der Waals surface area contributed by atoms with Crippen molar-refractivity contribution in [2.75, 3.05) is 23.3 Å². The lowest BCUT2D eigenvalue weighted by Gasteiger charge is -2.32. The molecule has 1 amide bonds. The van der Waals surface area contributed by atoms with Crippen LogP contribution in [0.2, 0.25) is 0 Å². The van der Waals surface area contributed by atoms with Crippen LogP contribution in [0.3, 0.4) is 0 Å². The van der Waals surface area contributed by atoms with Crippen molar-refractivity contribution in [2.45, 2.75) is 40.5 Å². The molecule has 1 aliphatic rings. The summed E-state index contributed by atoms with van der Waals surface area (Å²) in [6, 6.07) is 7.79. The predicted octanol–water partition coefficient (Wildman–Crippen LogP) is 3.89. The van der Waals surface area contributed by atoms with E-state index in [2.05, 4.69) is 27.1 Å². The van der Waals surface area contributed by atoms with Gasteiger partial charge in [0.25, 0.3) is 5.91 Å². The highest BCUT2D eigenvalue weighted by Crippen LogP contribution is 2.23. The standard InChI is InChI=1S/C20H26N4O/c1-13-7-6-10-24(12-13)18-11-17(21-16(4)22-18)20(25)23-19-14(2)8-5-9-15(19)3/h5,8-9,11,13H,6-7,10,12H2,1-4H3,(H,23,25). The highest BCUT2D eigenvalue weighted by atomic mass is 16.1. The number of anilines is 2. The van der Waals surface area contributed by atoms with E-state index in [1.165, 1.54) is 6.42 Å². The molecule has 2 heterocycles. The fraction of sp³-hybridized carbons (Fsp3) is 0.450. The number of benzene rings is 1. The fourth-order valence-electron chi connectivity index (χ4n) is 3.42. The number of aryl methyl sites for hydroxylation is 3. The topological polar surface area (TPSA) is 58.1 Å². The molecular formula is C20H26N4O. The maximum absolute atomic E-state index is 12.8. The van der Waals surface area contributed by atoms with Crippen LogP contribution in [0, 0.1) is 26.7 Å². The minimum absolute atomic E-state index is 0.186. The van der Waals surface area contributed by atoms with Crippen molar-refractivity contribution in [3.63, 3.8) is 0 Å². The molecule has 0 aliphatic carbocycles. The first-order valence-corrected chi connectivity index (χ1v) is 8.92. The zero-order valence-electron chi connectivity index (χ0n) is 15.5. The van der Waals surface area contributed by atoms with Crippen LogP contribution in [0.4, 0.5) is 11.5 Å². The Balaban J connectivity index is 1.85. The van der Waals surface area contributed by atoms with Crippen LogP contribution in [0.25, 0.3) is 0 Å². The molecule has 1 unspecified atom stereocenters. The molecule has 0 spiro atoms. The molecule has 25 heavy (non-hydrogen) atoms. The molecule has 0 radical (unpaired) electrons. The summed E-state index contributed by atoms with van der Waals surface area (Å²) in [6.07, 6.45) is 2.41. The molecule has 3 rings (SSSR count). The lowest BCUT2D eigenvalue weighted by atomic mass is 10.0. The second kappa shape index (κ2) is 7.21. The Morgan fingerprint density at radius 1 is 1.20 bits per heavy atom. The van der Waals surface area contributed by atoms with Crippen molar-refractivity contribution < 1.29 is 4.79 Å². The number of carbonyl (C=O) groups excluding carboxylic acids is 1. The Hall–Kier alpha value is -2.43. The smallest absolute Gasteiger partial charge is 0.274 e. The summed E-state index contributed by atoms with van der Waals surface area (Å²) >= 11 is 0. The Bertz CT molecular complexity index is 767. The summed E-state index contributed by atoms with van der Waals surface area (Å²) in [7, 11) is 0. The van der Waals surface area contributed by atoms with Gasteiger partial charge >= 0.3 is 0 Å². The first kappa shape index (κ1) is 17.4. The SMILES string of the molecule is Cc1nc(C(=O)Nc2c(C)cccc2C)cc(N2CCCC(C)C2)n1. The normalized spacial score (nSPS) is 17.4. The molecular weight excluding hydrogens is 312 g/mol. The Kier molecular flexibility index (Phi) is 5.02. The molecule has 1 saturated heterocycles. The van der Waals surface area contributed by atoms with Gasteiger partial charge in [-0.05, 0) is 50.7 Å². The van der Waals surface area contributed by atoms with Crippen LogP contribution in [-0.2, 0) is 0 Å². The Labute approximate surface area is 149 Å². The zero-order valence-corrected chi connectivity index (χ0v) is 15.5. The van der Waals surface area contributed by atoms with Crippen LogP contribution in [0.5, 0.6) is 0 Å². The van der Waals surface area contributed by atoms with Gasteiger partial charge in [-0.3, -0.25) is 4.79 Å². The largest absolute Gasteiger partial charge is 0.356 e. The van der Waals surface area contributed by atoms with Gasteiger partial charge in [-0.1, -0.05) is 25.1 Å². The molecule has 1 aromatic heterocycles. The summed E-state index contributed by atoms with van der Waals surface area (Å²) in [4.78, 5) is 23.9. The third-order valence-electron chi connectivity index (χ3n) is 4.76. The molecule has 1 aromatic carbocycles. The van der Waals surface area contributed by atoms with Crippen molar-refractivity contribution in [1.29, 1.82) is 0 Å². The van der Waals surface area contributed by atoms with Crippen LogP contribution >= 0.6 is 0 Å². The van der Waals surface area contributed by atoms with Gasteiger partial charge in [0.15, 0.2) is 0 Å². The highest BCUT2D eigenvalue weighted by molar-refractivity contribution is 6.04. The average molecular weight is 338 g/mol. The van der Waals surface area contributed by atoms with E-state index in [1.54, 1.807) is 0 Å². The first-order valence-electron chi connectivity index (χ1n) is 8.92. The number of aromatic nitrogens is 2. The third-order valence-corrected chi connectivity index (χ3v) is 4.76. The number of hydrogen-bond acceptors (Lipinski definition) is 4. The van der Waals surface area contributed by atoms with Gasteiger partial charge in [-0.25, -0.2) is 9.97 Å². The summed E-state index contributed by atoms with van der Waals surface area (Å²) in [5.74, 6) is 1.94. The van der Waals surface area contributed by atoms with Crippen LogP contribution in [-0.4, -0.2) is 29.0 Å². The van der Waals surface area contributed by atoms with Crippen molar-refractivity contribution in [2.24, 2.45) is 5.92 Å². The van der Waals surface area contributed by atoms with E-state index in [9.17, 15) is 4.79 Å². The number of hydrogen-bond donors (Lipinski definition) is 1. The molecule has 5 nitrogen and oxygen atoms in total. The van der Waals surface area contributed by atoms with Crippen molar-refractivity contribution in [3.8, 4) is 0 Å². The monoisotopic (exact) mass is 338 g/mol. The molecule has 2 aromatic rings. The van der Waals surface area contributed by atoms with Crippen LogP contribution in [0.15, 0.2) is 24.3 Å². The molecule has 1 aliphatic heterocycles. The minimum atomic E-state index is -0.186. The van der Waals surface area contributed by atoms with E-state index in [1.807, 2.05) is 45.0 Å². The second-order valence-corrected chi connectivity index (χ2v) is 7.07. The van der Waals surface area contributed by atoms with Gasteiger partial charge in [0.1, 0.15) is 17.3 Å². The number of para-hydroxylation sites is 1. The number of nitrogens with zero attached hydrogens (tertiary/aromatic N) is 3. The molecule has 1 fully saturated rings. The van der Waals surface area contributed by atoms with Gasteiger partial charge in [0.2, 0.25) is 0 Å². The van der Waals surface area contributed by atoms with Gasteiger partial charge < -0.3 is 10.2 Å². The summed E-state index contributed by atoms with van der Waals surface area (Å²) in [5, 5.41) is 3.01.